The number of hydroxylamine groups is 1. The molecule has 9 heteroatoms. The number of hydrogen-bond donors (Lipinski definition) is 4. The molecule has 0 heterocycles. The molecule has 1 atom stereocenters. The number of anilines is 1. The van der Waals surface area contributed by atoms with Crippen LogP contribution in [0.1, 0.15) is 18.1 Å². The van der Waals surface area contributed by atoms with Crippen LogP contribution in [-0.4, -0.2) is 29.4 Å². The molecule has 2 aromatic carbocycles. The zero-order valence-corrected chi connectivity index (χ0v) is 16.5. The Labute approximate surface area is 169 Å². The fourth-order valence-corrected chi connectivity index (χ4v) is 2.57. The van der Waals surface area contributed by atoms with Crippen molar-refractivity contribution in [1.82, 2.24) is 5.48 Å². The van der Waals surface area contributed by atoms with Crippen LogP contribution in [0.4, 0.5) is 10.5 Å². The Morgan fingerprint density at radius 2 is 1.93 bits per heavy atom. The molecular formula is C19H19BrN2O6. The predicted octanol–water partition coefficient (Wildman–Crippen LogP) is 3.90. The highest BCUT2D eigenvalue weighted by Crippen LogP contribution is 2.32. The molecule has 0 aliphatic rings. The van der Waals surface area contributed by atoms with Crippen molar-refractivity contribution in [2.45, 2.75) is 12.5 Å². The summed E-state index contributed by atoms with van der Waals surface area (Å²) in [5.74, 6) is -0.549. The summed E-state index contributed by atoms with van der Waals surface area (Å²) in [4.78, 5) is 23.4. The van der Waals surface area contributed by atoms with Crippen molar-refractivity contribution in [3.8, 4) is 11.5 Å². The average molecular weight is 451 g/mol. The number of carbonyl (C=O) groups excluding carboxylic acids is 2. The van der Waals surface area contributed by atoms with Crippen molar-refractivity contribution >= 4 is 33.6 Å². The third-order valence-corrected chi connectivity index (χ3v) is 4.17. The molecule has 0 aliphatic heterocycles. The summed E-state index contributed by atoms with van der Waals surface area (Å²) in [6.45, 7) is 0. The Morgan fingerprint density at radius 1 is 1.21 bits per heavy atom. The molecule has 0 saturated carbocycles. The molecule has 0 fully saturated rings. The lowest BCUT2D eigenvalue weighted by Gasteiger charge is -2.18. The summed E-state index contributed by atoms with van der Waals surface area (Å²) in [5.41, 5.74) is 2.51. The molecule has 0 aliphatic carbocycles. The lowest BCUT2D eigenvalue weighted by molar-refractivity contribution is -0.124. The number of phenolic OH excluding ortho intramolecular Hbond substituents is 1. The first kappa shape index (κ1) is 21.3. The topological polar surface area (TPSA) is 117 Å². The maximum atomic E-state index is 12.3. The predicted molar refractivity (Wildman–Crippen MR) is 105 cm³/mol. The van der Waals surface area contributed by atoms with Gasteiger partial charge >= 0.3 is 6.09 Å². The van der Waals surface area contributed by atoms with Crippen molar-refractivity contribution < 1.29 is 29.4 Å². The number of methoxy groups -OCH3 is 1. The van der Waals surface area contributed by atoms with Gasteiger partial charge in [0.15, 0.2) is 11.5 Å². The number of phenols is 1. The molecule has 2 amide bonds. The normalized spacial score (nSPS) is 11.7. The minimum atomic E-state index is -0.796. The summed E-state index contributed by atoms with van der Waals surface area (Å²) in [6.07, 6.45) is 1.17. The SMILES string of the molecule is COc1ccc([C@@H](C/C=C/C(=O)NO)OC(=O)Nc2ccc(Br)cc2)cc1O. The van der Waals surface area contributed by atoms with Crippen LogP contribution in [0.2, 0.25) is 0 Å². The van der Waals surface area contributed by atoms with Crippen molar-refractivity contribution in [1.29, 1.82) is 0 Å². The second-order valence-corrected chi connectivity index (χ2v) is 6.49. The van der Waals surface area contributed by atoms with Gasteiger partial charge in [-0.3, -0.25) is 15.3 Å². The quantitative estimate of drug-likeness (QED) is 0.288. The number of hydrogen-bond acceptors (Lipinski definition) is 6. The fraction of sp³-hybridized carbons (Fsp3) is 0.158. The van der Waals surface area contributed by atoms with Gasteiger partial charge in [0.25, 0.3) is 5.91 Å². The van der Waals surface area contributed by atoms with E-state index in [4.69, 9.17) is 14.7 Å². The molecule has 0 saturated heterocycles. The van der Waals surface area contributed by atoms with Gasteiger partial charge in [-0.15, -0.1) is 0 Å². The van der Waals surface area contributed by atoms with Crippen LogP contribution >= 0.6 is 15.9 Å². The van der Waals surface area contributed by atoms with Gasteiger partial charge < -0.3 is 14.6 Å². The average Bonchev–Trinajstić information content (AvgIpc) is 2.68. The van der Waals surface area contributed by atoms with Gasteiger partial charge in [0.2, 0.25) is 0 Å². The van der Waals surface area contributed by atoms with Gasteiger partial charge in [-0.05, 0) is 42.0 Å². The Bertz CT molecular complexity index is 854. The molecule has 0 aromatic heterocycles. The zero-order chi connectivity index (χ0) is 20.5. The molecule has 2 rings (SSSR count). The summed E-state index contributed by atoms with van der Waals surface area (Å²) in [7, 11) is 1.42. The Morgan fingerprint density at radius 3 is 2.54 bits per heavy atom. The number of benzene rings is 2. The largest absolute Gasteiger partial charge is 0.504 e. The zero-order valence-electron chi connectivity index (χ0n) is 14.9. The second-order valence-electron chi connectivity index (χ2n) is 5.57. The Hall–Kier alpha value is -3.04. The van der Waals surface area contributed by atoms with E-state index in [2.05, 4.69) is 21.2 Å². The van der Waals surface area contributed by atoms with Crippen LogP contribution in [0.3, 0.4) is 0 Å². The number of halogens is 1. The van der Waals surface area contributed by atoms with Crippen LogP contribution in [0.5, 0.6) is 11.5 Å². The standard InChI is InChI=1S/C19H19BrN2O6/c1-27-17-10-5-12(11-15(17)23)16(3-2-4-18(24)22-26)28-19(25)21-14-8-6-13(20)7-9-14/h2,4-11,16,23,26H,3H2,1H3,(H,21,25)(H,22,24)/b4-2+/t16-/m1/s1. The lowest BCUT2D eigenvalue weighted by Crippen LogP contribution is -2.18. The number of ether oxygens (including phenoxy) is 2. The Kier molecular flexibility index (Phi) is 7.85. The molecule has 0 spiro atoms. The maximum Gasteiger partial charge on any atom is 0.412 e. The highest BCUT2D eigenvalue weighted by molar-refractivity contribution is 9.10. The molecule has 0 bridgehead atoms. The number of aromatic hydroxyl groups is 1. The summed E-state index contributed by atoms with van der Waals surface area (Å²) >= 11 is 3.31. The minimum Gasteiger partial charge on any atom is -0.504 e. The molecule has 0 unspecified atom stereocenters. The minimum absolute atomic E-state index is 0.112. The van der Waals surface area contributed by atoms with Crippen molar-refractivity contribution in [3.05, 3.63) is 64.7 Å². The summed E-state index contributed by atoms with van der Waals surface area (Å²) in [6, 6.07) is 11.5. The van der Waals surface area contributed by atoms with Crippen LogP contribution in [-0.2, 0) is 9.53 Å². The van der Waals surface area contributed by atoms with E-state index in [9.17, 15) is 14.7 Å². The monoisotopic (exact) mass is 450 g/mol. The first-order valence-corrected chi connectivity index (χ1v) is 8.93. The van der Waals surface area contributed by atoms with Gasteiger partial charge in [-0.2, -0.15) is 0 Å². The van der Waals surface area contributed by atoms with Crippen molar-refractivity contribution in [2.24, 2.45) is 0 Å². The lowest BCUT2D eigenvalue weighted by atomic mass is 10.1. The Balaban J connectivity index is 2.15. The highest BCUT2D eigenvalue weighted by Gasteiger charge is 2.18. The van der Waals surface area contributed by atoms with Gasteiger partial charge in [0.05, 0.1) is 7.11 Å². The third-order valence-electron chi connectivity index (χ3n) is 3.64. The van der Waals surface area contributed by atoms with Crippen molar-refractivity contribution in [3.63, 3.8) is 0 Å². The van der Waals surface area contributed by atoms with Crippen LogP contribution in [0.25, 0.3) is 0 Å². The molecule has 0 radical (unpaired) electrons. The van der Waals surface area contributed by atoms with E-state index >= 15 is 0 Å². The van der Waals surface area contributed by atoms with Gasteiger partial charge in [0, 0.05) is 22.7 Å². The smallest absolute Gasteiger partial charge is 0.412 e. The summed E-state index contributed by atoms with van der Waals surface area (Å²) in [5, 5.41) is 21.1. The molecular weight excluding hydrogens is 432 g/mol. The van der Waals surface area contributed by atoms with E-state index in [-0.39, 0.29) is 17.9 Å². The van der Waals surface area contributed by atoms with Crippen LogP contribution in [0.15, 0.2) is 59.1 Å². The molecule has 8 nitrogen and oxygen atoms in total. The molecule has 4 N–H and O–H groups in total. The second kappa shape index (κ2) is 10.3. The summed E-state index contributed by atoms with van der Waals surface area (Å²) < 4.78 is 11.3. The van der Waals surface area contributed by atoms with E-state index < -0.39 is 18.1 Å². The maximum absolute atomic E-state index is 12.3. The van der Waals surface area contributed by atoms with Crippen LogP contribution < -0.4 is 15.5 Å². The van der Waals surface area contributed by atoms with Crippen molar-refractivity contribution in [2.75, 3.05) is 12.4 Å². The first-order valence-electron chi connectivity index (χ1n) is 8.13. The highest BCUT2D eigenvalue weighted by atomic mass is 79.9. The number of nitrogens with one attached hydrogen (secondary N) is 2. The van der Waals surface area contributed by atoms with Gasteiger partial charge in [-0.25, -0.2) is 10.3 Å². The molecule has 2 aromatic rings. The number of rotatable bonds is 7. The number of carbonyl (C=O) groups is 2. The van der Waals surface area contributed by atoms with E-state index in [0.29, 0.717) is 11.3 Å². The molecule has 28 heavy (non-hydrogen) atoms. The first-order chi connectivity index (χ1) is 13.4. The van der Waals surface area contributed by atoms with Crippen LogP contribution in [0, 0.1) is 0 Å². The number of amides is 2. The van der Waals surface area contributed by atoms with Gasteiger partial charge in [-0.1, -0.05) is 28.1 Å². The van der Waals surface area contributed by atoms with E-state index in [0.717, 1.165) is 10.5 Å². The van der Waals surface area contributed by atoms with E-state index in [1.807, 2.05) is 0 Å². The van der Waals surface area contributed by atoms with Gasteiger partial charge in [0.1, 0.15) is 6.10 Å². The molecule has 148 valence electrons. The fourth-order valence-electron chi connectivity index (χ4n) is 2.31. The third kappa shape index (κ3) is 6.29. The van der Waals surface area contributed by atoms with E-state index in [1.165, 1.54) is 30.8 Å². The van der Waals surface area contributed by atoms with E-state index in [1.54, 1.807) is 30.3 Å².